The Morgan fingerprint density at radius 3 is 2.54 bits per heavy atom. The lowest BCUT2D eigenvalue weighted by molar-refractivity contribution is -0.138. The van der Waals surface area contributed by atoms with Gasteiger partial charge < -0.3 is 19.5 Å². The Morgan fingerprint density at radius 2 is 2.00 bits per heavy atom. The smallest absolute Gasteiger partial charge is 0.341 e. The molecule has 1 N–H and O–H groups in total. The molecule has 26 heavy (non-hydrogen) atoms. The van der Waals surface area contributed by atoms with Crippen LogP contribution in [0.15, 0.2) is 18.2 Å². The number of carbonyl (C=O) groups is 2. The third-order valence-corrected chi connectivity index (χ3v) is 4.87. The number of benzene rings is 1. The van der Waals surface area contributed by atoms with Crippen molar-refractivity contribution >= 4 is 17.6 Å². The Morgan fingerprint density at radius 1 is 1.31 bits per heavy atom. The Kier molecular flexibility index (Phi) is 6.64. The average molecular weight is 363 g/mol. The van der Waals surface area contributed by atoms with E-state index in [0.717, 1.165) is 19.3 Å². The van der Waals surface area contributed by atoms with Crippen LogP contribution in [0.3, 0.4) is 0 Å². The van der Waals surface area contributed by atoms with Crippen LogP contribution < -0.4 is 10.1 Å². The van der Waals surface area contributed by atoms with Gasteiger partial charge in [-0.1, -0.05) is 6.92 Å². The molecule has 0 spiro atoms. The van der Waals surface area contributed by atoms with E-state index in [2.05, 4.69) is 5.32 Å². The molecule has 1 aliphatic carbocycles. The Balaban J connectivity index is 2.25. The summed E-state index contributed by atoms with van der Waals surface area (Å²) in [4.78, 5) is 25.0. The lowest BCUT2D eigenvalue weighted by Crippen LogP contribution is -2.44. The first-order chi connectivity index (χ1) is 12.3. The maximum atomic E-state index is 12.7. The minimum atomic E-state index is -0.865. The van der Waals surface area contributed by atoms with Crippen molar-refractivity contribution in [2.45, 2.75) is 58.7 Å². The molecule has 144 valence electrons. The van der Waals surface area contributed by atoms with Crippen molar-refractivity contribution in [2.24, 2.45) is 5.92 Å². The second kappa shape index (κ2) is 8.54. The second-order valence-corrected chi connectivity index (χ2v) is 6.81. The second-order valence-electron chi connectivity index (χ2n) is 6.81. The SMILES string of the molecule is CCOC(=O)c1cc(NC(=O)[C@@](C)(OC)C2CC2)ccc1O[C@H](C)CC. The maximum Gasteiger partial charge on any atom is 0.341 e. The molecule has 1 saturated carbocycles. The fourth-order valence-corrected chi connectivity index (χ4v) is 2.71. The molecule has 0 aliphatic heterocycles. The number of esters is 1. The van der Waals surface area contributed by atoms with Gasteiger partial charge in [-0.25, -0.2) is 4.79 Å². The van der Waals surface area contributed by atoms with Crippen LogP contribution in [-0.4, -0.2) is 37.3 Å². The molecule has 0 heterocycles. The Labute approximate surface area is 155 Å². The largest absolute Gasteiger partial charge is 0.490 e. The quantitative estimate of drug-likeness (QED) is 0.676. The van der Waals surface area contributed by atoms with Crippen molar-refractivity contribution < 1.29 is 23.8 Å². The number of anilines is 1. The molecule has 1 fully saturated rings. The molecule has 6 nitrogen and oxygen atoms in total. The predicted molar refractivity (Wildman–Crippen MR) is 99.5 cm³/mol. The van der Waals surface area contributed by atoms with Gasteiger partial charge in [-0.3, -0.25) is 4.79 Å². The van der Waals surface area contributed by atoms with Crippen molar-refractivity contribution in [3.8, 4) is 5.75 Å². The van der Waals surface area contributed by atoms with Crippen LogP contribution in [0.2, 0.25) is 0 Å². The molecule has 2 rings (SSSR count). The first-order valence-corrected chi connectivity index (χ1v) is 9.20. The normalized spacial score (nSPS) is 17.1. The highest BCUT2D eigenvalue weighted by Gasteiger charge is 2.47. The topological polar surface area (TPSA) is 73.9 Å². The van der Waals surface area contributed by atoms with Crippen LogP contribution >= 0.6 is 0 Å². The van der Waals surface area contributed by atoms with Gasteiger partial charge in [0.15, 0.2) is 0 Å². The number of ether oxygens (including phenoxy) is 3. The highest BCUT2D eigenvalue weighted by molar-refractivity contribution is 6.00. The first kappa shape index (κ1) is 20.2. The molecule has 1 aromatic rings. The molecule has 0 radical (unpaired) electrons. The van der Waals surface area contributed by atoms with Crippen molar-refractivity contribution in [1.82, 2.24) is 0 Å². The van der Waals surface area contributed by atoms with Crippen molar-refractivity contribution in [1.29, 1.82) is 0 Å². The van der Waals surface area contributed by atoms with E-state index in [1.807, 2.05) is 13.8 Å². The minimum absolute atomic E-state index is 0.0322. The van der Waals surface area contributed by atoms with Crippen LogP contribution in [0.1, 0.15) is 57.3 Å². The van der Waals surface area contributed by atoms with Crippen LogP contribution in [0, 0.1) is 5.92 Å². The summed E-state index contributed by atoms with van der Waals surface area (Å²) in [6.45, 7) is 7.75. The summed E-state index contributed by atoms with van der Waals surface area (Å²) in [5.74, 6) is -0.0102. The van der Waals surface area contributed by atoms with Crippen LogP contribution in [0.4, 0.5) is 5.69 Å². The molecule has 0 unspecified atom stereocenters. The van der Waals surface area contributed by atoms with Crippen LogP contribution in [-0.2, 0) is 14.3 Å². The van der Waals surface area contributed by atoms with Gasteiger partial charge in [0.1, 0.15) is 16.9 Å². The van der Waals surface area contributed by atoms with Gasteiger partial charge in [-0.2, -0.15) is 0 Å². The third kappa shape index (κ3) is 4.55. The number of hydrogen-bond donors (Lipinski definition) is 1. The van der Waals surface area contributed by atoms with E-state index < -0.39 is 11.6 Å². The average Bonchev–Trinajstić information content (AvgIpc) is 3.47. The monoisotopic (exact) mass is 363 g/mol. The summed E-state index contributed by atoms with van der Waals surface area (Å²) < 4.78 is 16.4. The lowest BCUT2D eigenvalue weighted by Gasteiger charge is -2.27. The van der Waals surface area contributed by atoms with Gasteiger partial charge in [0.25, 0.3) is 5.91 Å². The Bertz CT molecular complexity index is 656. The zero-order chi connectivity index (χ0) is 19.3. The van der Waals surface area contributed by atoms with E-state index in [1.54, 1.807) is 39.2 Å². The van der Waals surface area contributed by atoms with E-state index in [-0.39, 0.29) is 24.5 Å². The Hall–Kier alpha value is -2.08. The molecular formula is C20H29NO5. The number of rotatable bonds is 9. The van der Waals surface area contributed by atoms with E-state index in [0.29, 0.717) is 17.0 Å². The van der Waals surface area contributed by atoms with Crippen molar-refractivity contribution in [2.75, 3.05) is 19.0 Å². The van der Waals surface area contributed by atoms with Crippen LogP contribution in [0.5, 0.6) is 5.75 Å². The van der Waals surface area contributed by atoms with Gasteiger partial charge in [-0.05, 0) is 64.2 Å². The number of hydrogen-bond acceptors (Lipinski definition) is 5. The summed E-state index contributed by atoms with van der Waals surface area (Å²) in [6, 6.07) is 5.01. The summed E-state index contributed by atoms with van der Waals surface area (Å²) in [7, 11) is 1.55. The summed E-state index contributed by atoms with van der Waals surface area (Å²) in [5, 5.41) is 2.86. The van der Waals surface area contributed by atoms with Crippen LogP contribution in [0.25, 0.3) is 0 Å². The van der Waals surface area contributed by atoms with Crippen molar-refractivity contribution in [3.63, 3.8) is 0 Å². The minimum Gasteiger partial charge on any atom is -0.490 e. The van der Waals surface area contributed by atoms with E-state index in [1.165, 1.54) is 0 Å². The highest BCUT2D eigenvalue weighted by Crippen LogP contribution is 2.42. The molecule has 1 aromatic carbocycles. The lowest BCUT2D eigenvalue weighted by atomic mass is 9.99. The van der Waals surface area contributed by atoms with Gasteiger partial charge >= 0.3 is 5.97 Å². The molecule has 1 amide bonds. The molecule has 0 bridgehead atoms. The molecule has 1 aliphatic rings. The fourth-order valence-electron chi connectivity index (χ4n) is 2.71. The maximum absolute atomic E-state index is 12.7. The zero-order valence-corrected chi connectivity index (χ0v) is 16.3. The number of amides is 1. The van der Waals surface area contributed by atoms with Gasteiger partial charge in [0.2, 0.25) is 0 Å². The molecule has 0 aromatic heterocycles. The standard InChI is InChI=1S/C20H29NO5/c1-6-13(3)26-17-11-10-15(12-16(17)18(22)25-7-2)21-19(23)20(4,24-5)14-8-9-14/h10-14H,6-9H2,1-5H3,(H,21,23)/t13-,20+/m1/s1. The zero-order valence-electron chi connectivity index (χ0n) is 16.3. The van der Waals surface area contributed by atoms with Gasteiger partial charge in [0, 0.05) is 12.8 Å². The summed E-state index contributed by atoms with van der Waals surface area (Å²) >= 11 is 0. The number of nitrogens with one attached hydrogen (secondary N) is 1. The van der Waals surface area contributed by atoms with Gasteiger partial charge in [0.05, 0.1) is 12.7 Å². The van der Waals surface area contributed by atoms with E-state index in [9.17, 15) is 9.59 Å². The van der Waals surface area contributed by atoms with Crippen molar-refractivity contribution in [3.05, 3.63) is 23.8 Å². The summed E-state index contributed by atoms with van der Waals surface area (Å²) in [5.41, 5.74) is -0.0512. The predicted octanol–water partition coefficient (Wildman–Crippen LogP) is 3.79. The van der Waals surface area contributed by atoms with E-state index >= 15 is 0 Å². The number of methoxy groups -OCH3 is 1. The van der Waals surface area contributed by atoms with Gasteiger partial charge in [-0.15, -0.1) is 0 Å². The molecule has 0 saturated heterocycles. The van der Waals surface area contributed by atoms with E-state index in [4.69, 9.17) is 14.2 Å². The summed E-state index contributed by atoms with van der Waals surface area (Å²) in [6.07, 6.45) is 2.74. The number of carbonyl (C=O) groups excluding carboxylic acids is 2. The molecule has 6 heteroatoms. The fraction of sp³-hybridized carbons (Fsp3) is 0.600. The third-order valence-electron chi connectivity index (χ3n) is 4.87. The first-order valence-electron chi connectivity index (χ1n) is 9.20. The molecule has 2 atom stereocenters. The highest BCUT2D eigenvalue weighted by atomic mass is 16.5. The molecular weight excluding hydrogens is 334 g/mol.